The molecule has 0 atom stereocenters. The SMILES string of the molecule is N#Cc1cc(S(=O)(=O)CCCS(=O)(=O)O)c(S(=O)(=O)CCCS(=O)(=O)O)cc1C#N. The second-order valence-electron chi connectivity index (χ2n) is 5.99. The lowest BCUT2D eigenvalue weighted by Crippen LogP contribution is -2.18. The molecule has 0 unspecified atom stereocenters. The molecule has 12 nitrogen and oxygen atoms in total. The fraction of sp³-hybridized carbons (Fsp3) is 0.429. The highest BCUT2D eigenvalue weighted by Crippen LogP contribution is 2.28. The summed E-state index contributed by atoms with van der Waals surface area (Å²) in [7, 11) is -17.9. The fourth-order valence-corrected chi connectivity index (χ4v) is 7.27. The van der Waals surface area contributed by atoms with Crippen LogP contribution in [0, 0.1) is 22.7 Å². The minimum absolute atomic E-state index is 0.442. The number of hydrogen-bond donors (Lipinski definition) is 2. The van der Waals surface area contributed by atoms with Crippen LogP contribution in [0.4, 0.5) is 0 Å². The van der Waals surface area contributed by atoms with E-state index >= 15 is 0 Å². The van der Waals surface area contributed by atoms with Gasteiger partial charge in [-0.05, 0) is 25.0 Å². The standard InChI is InChI=1S/C14H16N2O10S4/c15-9-11-7-13(27(17,18)3-1-5-29(21,22)23)14(8-12(11)10-16)28(19,20)4-2-6-30(24,25)26/h7-8H,1-6H2,(H,21,22,23)(H,24,25,26). The van der Waals surface area contributed by atoms with Crippen molar-refractivity contribution in [3.63, 3.8) is 0 Å². The van der Waals surface area contributed by atoms with Crippen LogP contribution >= 0.6 is 0 Å². The molecule has 0 fully saturated rings. The maximum absolute atomic E-state index is 12.6. The first-order valence-corrected chi connectivity index (χ1v) is 14.4. The van der Waals surface area contributed by atoms with E-state index in [4.69, 9.17) is 19.6 Å². The molecule has 0 heterocycles. The second kappa shape index (κ2) is 9.38. The number of nitriles is 2. The van der Waals surface area contributed by atoms with Gasteiger partial charge in [0.05, 0.1) is 43.9 Å². The van der Waals surface area contributed by atoms with Crippen molar-refractivity contribution in [1.29, 1.82) is 10.5 Å². The van der Waals surface area contributed by atoms with Crippen LogP contribution in [-0.4, -0.2) is 65.8 Å². The zero-order valence-electron chi connectivity index (χ0n) is 15.1. The van der Waals surface area contributed by atoms with Gasteiger partial charge >= 0.3 is 0 Å². The zero-order chi connectivity index (χ0) is 23.4. The van der Waals surface area contributed by atoms with Gasteiger partial charge in [-0.25, -0.2) is 16.8 Å². The molecule has 30 heavy (non-hydrogen) atoms. The van der Waals surface area contributed by atoms with E-state index in [0.29, 0.717) is 12.1 Å². The van der Waals surface area contributed by atoms with Gasteiger partial charge in [0, 0.05) is 0 Å². The average Bonchev–Trinajstić information content (AvgIpc) is 2.57. The highest BCUT2D eigenvalue weighted by molar-refractivity contribution is 7.94. The summed E-state index contributed by atoms with van der Waals surface area (Å²) in [5.41, 5.74) is -0.884. The summed E-state index contributed by atoms with van der Waals surface area (Å²) in [5.74, 6) is -3.61. The number of rotatable bonds is 10. The van der Waals surface area contributed by atoms with Crippen LogP contribution in [0.1, 0.15) is 24.0 Å². The van der Waals surface area contributed by atoms with Crippen LogP contribution < -0.4 is 0 Å². The molecular weight excluding hydrogens is 484 g/mol. The first-order valence-electron chi connectivity index (χ1n) is 7.86. The van der Waals surface area contributed by atoms with Crippen molar-refractivity contribution in [1.82, 2.24) is 0 Å². The van der Waals surface area contributed by atoms with E-state index in [-0.39, 0.29) is 0 Å². The molecule has 0 aliphatic heterocycles. The average molecular weight is 501 g/mol. The molecule has 2 N–H and O–H groups in total. The largest absolute Gasteiger partial charge is 0.286 e. The first-order chi connectivity index (χ1) is 13.5. The monoisotopic (exact) mass is 500 g/mol. The zero-order valence-corrected chi connectivity index (χ0v) is 18.4. The Hall–Kier alpha value is -2.08. The van der Waals surface area contributed by atoms with Gasteiger partial charge in [-0.3, -0.25) is 9.11 Å². The summed E-state index contributed by atoms with van der Waals surface area (Å²) >= 11 is 0. The molecule has 0 spiro atoms. The van der Waals surface area contributed by atoms with E-state index in [9.17, 15) is 33.7 Å². The smallest absolute Gasteiger partial charge is 0.264 e. The molecule has 0 aliphatic rings. The van der Waals surface area contributed by atoms with E-state index in [1.807, 2.05) is 0 Å². The normalized spacial score (nSPS) is 12.8. The Bertz CT molecular complexity index is 1230. The van der Waals surface area contributed by atoms with Crippen LogP contribution in [-0.2, 0) is 39.9 Å². The Morgan fingerprint density at radius 3 is 1.17 bits per heavy atom. The molecule has 1 aromatic carbocycles. The fourth-order valence-electron chi connectivity index (χ4n) is 2.31. The third-order valence-corrected chi connectivity index (χ3v) is 9.03. The molecule has 1 aromatic rings. The molecule has 1 rings (SSSR count). The van der Waals surface area contributed by atoms with Crippen molar-refractivity contribution in [2.45, 2.75) is 22.6 Å². The molecule has 0 bridgehead atoms. The third kappa shape index (κ3) is 7.63. The molecule has 166 valence electrons. The van der Waals surface area contributed by atoms with Gasteiger partial charge in [-0.15, -0.1) is 0 Å². The lowest BCUT2D eigenvalue weighted by atomic mass is 10.1. The number of sulfone groups is 2. The van der Waals surface area contributed by atoms with Crippen LogP contribution in [0.5, 0.6) is 0 Å². The summed E-state index contributed by atoms with van der Waals surface area (Å²) in [6.07, 6.45) is -1.16. The molecular formula is C14H16N2O10S4. The molecule has 0 radical (unpaired) electrons. The lowest BCUT2D eigenvalue weighted by Gasteiger charge is -2.13. The van der Waals surface area contributed by atoms with Crippen molar-refractivity contribution in [3.05, 3.63) is 23.3 Å². The molecule has 0 amide bonds. The number of hydrogen-bond acceptors (Lipinski definition) is 10. The summed E-state index contributed by atoms with van der Waals surface area (Å²) in [6, 6.07) is 4.43. The van der Waals surface area contributed by atoms with Crippen molar-refractivity contribution < 1.29 is 42.8 Å². The Labute approximate surface area is 174 Å². The molecule has 16 heteroatoms. The van der Waals surface area contributed by atoms with Gasteiger partial charge in [0.15, 0.2) is 19.7 Å². The van der Waals surface area contributed by atoms with Crippen molar-refractivity contribution in [3.8, 4) is 12.1 Å². The van der Waals surface area contributed by atoms with Gasteiger partial charge in [0.1, 0.15) is 12.1 Å². The van der Waals surface area contributed by atoms with Gasteiger partial charge in [0.25, 0.3) is 20.2 Å². The first kappa shape index (κ1) is 26.0. The maximum Gasteiger partial charge on any atom is 0.264 e. The Balaban J connectivity index is 3.51. The van der Waals surface area contributed by atoms with E-state index in [2.05, 4.69) is 0 Å². The van der Waals surface area contributed by atoms with Gasteiger partial charge in [-0.2, -0.15) is 27.4 Å². The van der Waals surface area contributed by atoms with Crippen LogP contribution in [0.2, 0.25) is 0 Å². The minimum atomic E-state index is -4.49. The lowest BCUT2D eigenvalue weighted by molar-refractivity contribution is 0.479. The highest BCUT2D eigenvalue weighted by Gasteiger charge is 2.29. The van der Waals surface area contributed by atoms with E-state index in [1.165, 1.54) is 0 Å². The van der Waals surface area contributed by atoms with Crippen molar-refractivity contribution in [2.24, 2.45) is 0 Å². The van der Waals surface area contributed by atoms with Gasteiger partial charge < -0.3 is 0 Å². The Kier molecular flexibility index (Phi) is 8.11. The van der Waals surface area contributed by atoms with Crippen molar-refractivity contribution in [2.75, 3.05) is 23.0 Å². The Morgan fingerprint density at radius 1 is 0.633 bits per heavy atom. The van der Waals surface area contributed by atoms with Crippen molar-refractivity contribution >= 4 is 39.9 Å². The highest BCUT2D eigenvalue weighted by atomic mass is 32.2. The quantitative estimate of drug-likeness (QED) is 0.389. The van der Waals surface area contributed by atoms with E-state index < -0.39 is 96.7 Å². The topological polar surface area (TPSA) is 225 Å². The molecule has 0 saturated heterocycles. The van der Waals surface area contributed by atoms with Crippen LogP contribution in [0.15, 0.2) is 21.9 Å². The summed E-state index contributed by atoms with van der Waals surface area (Å²) in [5, 5.41) is 18.2. The molecule has 0 aromatic heterocycles. The second-order valence-corrected chi connectivity index (χ2v) is 13.3. The Morgan fingerprint density at radius 2 is 0.933 bits per heavy atom. The number of benzene rings is 1. The molecule has 0 aliphatic carbocycles. The van der Waals surface area contributed by atoms with Gasteiger partial charge in [0.2, 0.25) is 0 Å². The van der Waals surface area contributed by atoms with Crippen LogP contribution in [0.25, 0.3) is 0 Å². The van der Waals surface area contributed by atoms with Gasteiger partial charge in [-0.1, -0.05) is 0 Å². The summed E-state index contributed by atoms with van der Waals surface area (Å²) in [4.78, 5) is -1.72. The molecule has 0 saturated carbocycles. The van der Waals surface area contributed by atoms with Crippen LogP contribution in [0.3, 0.4) is 0 Å². The van der Waals surface area contributed by atoms with E-state index in [0.717, 1.165) is 0 Å². The predicted octanol–water partition coefficient (Wildman–Crippen LogP) is -0.467. The summed E-state index contributed by atoms with van der Waals surface area (Å²) in [6.45, 7) is 0. The number of nitrogens with zero attached hydrogens (tertiary/aromatic N) is 2. The third-order valence-electron chi connectivity index (χ3n) is 3.63. The maximum atomic E-state index is 12.6. The van der Waals surface area contributed by atoms with E-state index in [1.54, 1.807) is 12.1 Å². The predicted molar refractivity (Wildman–Crippen MR) is 102 cm³/mol. The summed E-state index contributed by atoms with van der Waals surface area (Å²) < 4.78 is 111. The minimum Gasteiger partial charge on any atom is -0.286 e.